The third kappa shape index (κ3) is 4.60. The fraction of sp³-hybridized carbons (Fsp3) is 0.278. The lowest BCUT2D eigenvalue weighted by Crippen LogP contribution is -2.29. The molecule has 1 aliphatic carbocycles. The van der Waals surface area contributed by atoms with Gasteiger partial charge in [0.25, 0.3) is 5.91 Å². The highest BCUT2D eigenvalue weighted by molar-refractivity contribution is 7.89. The summed E-state index contributed by atoms with van der Waals surface area (Å²) in [7, 11) is -2.38. The minimum Gasteiger partial charge on any atom is -0.337 e. The molecule has 9 heteroatoms. The average molecular weight is 431 g/mol. The van der Waals surface area contributed by atoms with Gasteiger partial charge >= 0.3 is 0 Å². The van der Waals surface area contributed by atoms with Crippen molar-refractivity contribution in [3.8, 4) is 0 Å². The Morgan fingerprint density at radius 3 is 2.52 bits per heavy atom. The van der Waals surface area contributed by atoms with Crippen molar-refractivity contribution >= 4 is 39.1 Å². The van der Waals surface area contributed by atoms with E-state index in [0.29, 0.717) is 5.56 Å². The molecule has 2 aromatic carbocycles. The summed E-state index contributed by atoms with van der Waals surface area (Å²) in [6.07, 6.45) is 1.53. The van der Waals surface area contributed by atoms with Crippen molar-refractivity contribution in [1.29, 1.82) is 0 Å². The molecule has 144 valence electrons. The Balaban J connectivity index is 1.90. The van der Waals surface area contributed by atoms with Crippen molar-refractivity contribution in [1.82, 2.24) is 9.62 Å². The molecule has 1 aliphatic rings. The lowest BCUT2D eigenvalue weighted by atomic mass is 10.1. The van der Waals surface area contributed by atoms with Crippen molar-refractivity contribution in [2.24, 2.45) is 0 Å². The van der Waals surface area contributed by atoms with Gasteiger partial charge in [-0.2, -0.15) is 0 Å². The molecule has 0 bridgehead atoms. The first kappa shape index (κ1) is 20.1. The molecule has 3 rings (SSSR count). The van der Waals surface area contributed by atoms with Crippen LogP contribution in [-0.2, 0) is 16.6 Å². The number of halogens is 3. The summed E-state index contributed by atoms with van der Waals surface area (Å²) in [5.41, 5.74) is 0.317. The van der Waals surface area contributed by atoms with Gasteiger partial charge in [-0.1, -0.05) is 41.4 Å². The summed E-state index contributed by atoms with van der Waals surface area (Å²) in [6, 6.07) is 8.38. The van der Waals surface area contributed by atoms with Crippen LogP contribution in [0.5, 0.6) is 0 Å². The van der Waals surface area contributed by atoms with E-state index in [1.807, 2.05) is 0 Å². The third-order valence-corrected chi connectivity index (χ3v) is 6.45. The molecule has 2 aromatic rings. The van der Waals surface area contributed by atoms with Gasteiger partial charge in [0.2, 0.25) is 10.0 Å². The third-order valence-electron chi connectivity index (χ3n) is 4.15. The zero-order valence-corrected chi connectivity index (χ0v) is 16.7. The topological polar surface area (TPSA) is 66.5 Å². The van der Waals surface area contributed by atoms with Gasteiger partial charge in [-0.15, -0.1) is 0 Å². The number of amides is 1. The molecule has 0 heterocycles. The molecular weight excluding hydrogens is 414 g/mol. The van der Waals surface area contributed by atoms with E-state index >= 15 is 0 Å². The Morgan fingerprint density at radius 1 is 1.22 bits per heavy atom. The standard InChI is InChI=1S/C18H17Cl2FN2O3S/c1-23(10-11-4-2-3-5-16(11)21)18(24)13-8-17(15(20)9-14(13)19)27(25,26)22-12-6-7-12/h2-5,8-9,12,22H,6-7,10H2,1H3. The number of benzene rings is 2. The van der Waals surface area contributed by atoms with Gasteiger partial charge in [-0.05, 0) is 31.0 Å². The zero-order chi connectivity index (χ0) is 19.8. The summed E-state index contributed by atoms with van der Waals surface area (Å²) in [5.74, 6) is -0.973. The smallest absolute Gasteiger partial charge is 0.255 e. The predicted octanol–water partition coefficient (Wildman–Crippen LogP) is 3.85. The normalized spacial score (nSPS) is 14.2. The summed E-state index contributed by atoms with van der Waals surface area (Å²) >= 11 is 12.2. The molecule has 0 atom stereocenters. The highest BCUT2D eigenvalue weighted by Gasteiger charge is 2.30. The van der Waals surface area contributed by atoms with Crippen LogP contribution in [0.3, 0.4) is 0 Å². The Kier molecular flexibility index (Phi) is 5.76. The molecule has 27 heavy (non-hydrogen) atoms. The number of hydrogen-bond donors (Lipinski definition) is 1. The lowest BCUT2D eigenvalue weighted by Gasteiger charge is -2.19. The molecule has 0 aliphatic heterocycles. The fourth-order valence-corrected chi connectivity index (χ4v) is 4.70. The predicted molar refractivity (Wildman–Crippen MR) is 102 cm³/mol. The van der Waals surface area contributed by atoms with E-state index in [1.54, 1.807) is 18.2 Å². The van der Waals surface area contributed by atoms with Gasteiger partial charge in [0.15, 0.2) is 0 Å². The van der Waals surface area contributed by atoms with E-state index in [-0.39, 0.29) is 33.1 Å². The number of carbonyl (C=O) groups excluding carboxylic acids is 1. The number of sulfonamides is 1. The molecule has 0 radical (unpaired) electrons. The van der Waals surface area contributed by atoms with Gasteiger partial charge in [0, 0.05) is 25.2 Å². The second-order valence-corrected chi connectivity index (χ2v) is 8.91. The molecular formula is C18H17Cl2FN2O3S. The quantitative estimate of drug-likeness (QED) is 0.756. The molecule has 1 amide bonds. The second kappa shape index (κ2) is 7.75. The van der Waals surface area contributed by atoms with Crippen LogP contribution in [0.4, 0.5) is 4.39 Å². The van der Waals surface area contributed by atoms with Crippen molar-refractivity contribution < 1.29 is 17.6 Å². The summed E-state index contributed by atoms with van der Waals surface area (Å²) < 4.78 is 41.3. The Bertz CT molecular complexity index is 994. The first-order valence-corrected chi connectivity index (χ1v) is 10.4. The van der Waals surface area contributed by atoms with E-state index in [1.165, 1.54) is 24.1 Å². The van der Waals surface area contributed by atoms with Crippen LogP contribution in [0.1, 0.15) is 28.8 Å². The van der Waals surface area contributed by atoms with Crippen molar-refractivity contribution in [3.63, 3.8) is 0 Å². The second-order valence-electron chi connectivity index (χ2n) is 6.41. The van der Waals surface area contributed by atoms with E-state index in [4.69, 9.17) is 23.2 Å². The number of nitrogens with one attached hydrogen (secondary N) is 1. The van der Waals surface area contributed by atoms with Crippen LogP contribution < -0.4 is 4.72 Å². The highest BCUT2D eigenvalue weighted by atomic mass is 35.5. The lowest BCUT2D eigenvalue weighted by molar-refractivity contribution is 0.0784. The van der Waals surface area contributed by atoms with Crippen molar-refractivity contribution in [2.45, 2.75) is 30.3 Å². The van der Waals surface area contributed by atoms with Gasteiger partial charge in [0.05, 0.1) is 15.6 Å². The molecule has 0 spiro atoms. The van der Waals surface area contributed by atoms with E-state index in [2.05, 4.69) is 4.72 Å². The number of nitrogens with zero attached hydrogens (tertiary/aromatic N) is 1. The Morgan fingerprint density at radius 2 is 1.89 bits per heavy atom. The van der Waals surface area contributed by atoms with Crippen LogP contribution in [0, 0.1) is 5.82 Å². The average Bonchev–Trinajstić information content (AvgIpc) is 3.39. The largest absolute Gasteiger partial charge is 0.337 e. The SMILES string of the molecule is CN(Cc1ccccc1F)C(=O)c1cc(S(=O)(=O)NC2CC2)c(Cl)cc1Cl. The van der Waals surface area contributed by atoms with Crippen LogP contribution >= 0.6 is 23.2 Å². The molecule has 1 saturated carbocycles. The maximum Gasteiger partial charge on any atom is 0.255 e. The van der Waals surface area contributed by atoms with Gasteiger partial charge < -0.3 is 4.90 Å². The Labute approximate surface area is 167 Å². The van der Waals surface area contributed by atoms with Gasteiger partial charge in [-0.25, -0.2) is 17.5 Å². The van der Waals surface area contributed by atoms with Gasteiger partial charge in [-0.3, -0.25) is 4.79 Å². The maximum absolute atomic E-state index is 13.8. The first-order chi connectivity index (χ1) is 12.7. The fourth-order valence-electron chi connectivity index (χ4n) is 2.54. The summed E-state index contributed by atoms with van der Waals surface area (Å²) in [5, 5.41) is -0.0442. The summed E-state index contributed by atoms with van der Waals surface area (Å²) in [4.78, 5) is 13.8. The van der Waals surface area contributed by atoms with Crippen LogP contribution in [-0.4, -0.2) is 32.3 Å². The summed E-state index contributed by atoms with van der Waals surface area (Å²) in [6.45, 7) is 0.00681. The molecule has 1 fully saturated rings. The van der Waals surface area contributed by atoms with Crippen LogP contribution in [0.25, 0.3) is 0 Å². The van der Waals surface area contributed by atoms with E-state index in [0.717, 1.165) is 18.9 Å². The van der Waals surface area contributed by atoms with Gasteiger partial charge in [0.1, 0.15) is 10.7 Å². The maximum atomic E-state index is 13.8. The molecule has 0 unspecified atom stereocenters. The number of hydrogen-bond acceptors (Lipinski definition) is 3. The zero-order valence-electron chi connectivity index (χ0n) is 14.4. The van der Waals surface area contributed by atoms with Crippen molar-refractivity contribution in [2.75, 3.05) is 7.05 Å². The first-order valence-electron chi connectivity index (χ1n) is 8.19. The molecule has 0 aromatic heterocycles. The van der Waals surface area contributed by atoms with Crippen LogP contribution in [0.2, 0.25) is 10.0 Å². The minimum atomic E-state index is -3.86. The number of carbonyl (C=O) groups is 1. The van der Waals surface area contributed by atoms with Crippen LogP contribution in [0.15, 0.2) is 41.3 Å². The highest BCUT2D eigenvalue weighted by Crippen LogP contribution is 2.31. The number of rotatable bonds is 6. The monoisotopic (exact) mass is 430 g/mol. The molecule has 5 nitrogen and oxygen atoms in total. The Hall–Kier alpha value is -1.67. The van der Waals surface area contributed by atoms with E-state index < -0.39 is 21.7 Å². The molecule has 0 saturated heterocycles. The van der Waals surface area contributed by atoms with Crippen molar-refractivity contribution in [3.05, 3.63) is 63.4 Å². The minimum absolute atomic E-state index is 0.00681. The molecule has 1 N–H and O–H groups in total. The van der Waals surface area contributed by atoms with E-state index in [9.17, 15) is 17.6 Å².